The second-order valence-corrected chi connectivity index (χ2v) is 7.09. The van der Waals surface area contributed by atoms with Gasteiger partial charge in [-0.1, -0.05) is 46.4 Å². The molecule has 0 amide bonds. The van der Waals surface area contributed by atoms with E-state index < -0.39 is 23.0 Å². The third kappa shape index (κ3) is 5.20. The standard InChI is InChI=1S/C19H10Cl2F3N5O2/c20-14-6-12(7-15(21)8-14)16(19(22,23)24)3-1-11-2-4-17(13(5-11)9-25)28-10-26-18(27-28)29(30)31/h1-8,10,16H/b3-1+. The molecular formula is C19H10Cl2F3N5O2. The van der Waals surface area contributed by atoms with Crippen LogP contribution in [0.5, 0.6) is 0 Å². The number of nitro groups is 1. The molecule has 1 aromatic heterocycles. The van der Waals surface area contributed by atoms with Gasteiger partial charge in [0.05, 0.1) is 11.5 Å². The fraction of sp³-hybridized carbons (Fsp3) is 0.105. The summed E-state index contributed by atoms with van der Waals surface area (Å²) in [5.74, 6) is -2.63. The Morgan fingerprint density at radius 3 is 2.42 bits per heavy atom. The zero-order valence-corrected chi connectivity index (χ0v) is 16.7. The maximum atomic E-state index is 13.6. The molecule has 0 N–H and O–H groups in total. The fourth-order valence-corrected chi connectivity index (χ4v) is 3.31. The Bertz CT molecular complexity index is 1200. The summed E-state index contributed by atoms with van der Waals surface area (Å²) in [5, 5.41) is 23.9. The van der Waals surface area contributed by atoms with Crippen LogP contribution in [0.1, 0.15) is 22.6 Å². The summed E-state index contributed by atoms with van der Waals surface area (Å²) < 4.78 is 41.9. The number of rotatable bonds is 5. The first kappa shape index (κ1) is 22.3. The van der Waals surface area contributed by atoms with Crippen LogP contribution in [0.25, 0.3) is 11.8 Å². The first-order valence-corrected chi connectivity index (χ1v) is 9.15. The third-order valence-corrected chi connectivity index (χ3v) is 4.55. The van der Waals surface area contributed by atoms with Crippen molar-refractivity contribution in [3.05, 3.63) is 85.7 Å². The number of benzene rings is 2. The van der Waals surface area contributed by atoms with Gasteiger partial charge in [0.25, 0.3) is 0 Å². The summed E-state index contributed by atoms with van der Waals surface area (Å²) in [5.41, 5.74) is 0.399. The second kappa shape index (κ2) is 8.75. The van der Waals surface area contributed by atoms with Crippen LogP contribution in [0.3, 0.4) is 0 Å². The Balaban J connectivity index is 1.96. The molecule has 0 radical (unpaired) electrons. The van der Waals surface area contributed by atoms with Crippen molar-refractivity contribution in [2.45, 2.75) is 12.1 Å². The smallest absolute Gasteiger partial charge is 0.390 e. The van der Waals surface area contributed by atoms with E-state index in [1.165, 1.54) is 42.5 Å². The first-order valence-electron chi connectivity index (χ1n) is 8.40. The number of allylic oxidation sites excluding steroid dienone is 1. The Morgan fingerprint density at radius 1 is 1.19 bits per heavy atom. The predicted octanol–water partition coefficient (Wildman–Crippen LogP) is 5.71. The molecule has 0 spiro atoms. The molecule has 7 nitrogen and oxygen atoms in total. The normalized spacial score (nSPS) is 12.6. The maximum absolute atomic E-state index is 13.6. The van der Waals surface area contributed by atoms with E-state index in [4.69, 9.17) is 23.2 Å². The van der Waals surface area contributed by atoms with Gasteiger partial charge < -0.3 is 10.1 Å². The van der Waals surface area contributed by atoms with Crippen molar-refractivity contribution < 1.29 is 18.1 Å². The number of aromatic nitrogens is 3. The Morgan fingerprint density at radius 2 is 1.87 bits per heavy atom. The molecule has 1 heterocycles. The van der Waals surface area contributed by atoms with E-state index in [0.717, 1.165) is 17.1 Å². The first-order chi connectivity index (χ1) is 14.6. The highest BCUT2D eigenvalue weighted by Crippen LogP contribution is 2.38. The van der Waals surface area contributed by atoms with Crippen LogP contribution in [0.2, 0.25) is 10.0 Å². The van der Waals surface area contributed by atoms with Gasteiger partial charge in [-0.25, -0.2) is 0 Å². The van der Waals surface area contributed by atoms with Gasteiger partial charge in [0.1, 0.15) is 11.8 Å². The van der Waals surface area contributed by atoms with Crippen LogP contribution in [0, 0.1) is 21.4 Å². The maximum Gasteiger partial charge on any atom is 0.491 e. The molecule has 1 atom stereocenters. The van der Waals surface area contributed by atoms with E-state index >= 15 is 0 Å². The van der Waals surface area contributed by atoms with Crippen LogP contribution < -0.4 is 0 Å². The van der Waals surface area contributed by atoms with Gasteiger partial charge >= 0.3 is 12.1 Å². The number of alkyl halides is 3. The lowest BCUT2D eigenvalue weighted by Gasteiger charge is -2.18. The van der Waals surface area contributed by atoms with Gasteiger partial charge in [-0.15, -0.1) is 4.68 Å². The average Bonchev–Trinajstić information content (AvgIpc) is 3.16. The lowest BCUT2D eigenvalue weighted by molar-refractivity contribution is -0.394. The predicted molar refractivity (Wildman–Crippen MR) is 107 cm³/mol. The van der Waals surface area contributed by atoms with Crippen molar-refractivity contribution in [2.75, 3.05) is 0 Å². The minimum Gasteiger partial charge on any atom is -0.390 e. The molecule has 3 aromatic rings. The number of hydrogen-bond acceptors (Lipinski definition) is 5. The minimum atomic E-state index is -4.61. The highest BCUT2D eigenvalue weighted by Gasteiger charge is 2.39. The lowest BCUT2D eigenvalue weighted by atomic mass is 9.96. The number of nitriles is 1. The molecule has 0 aliphatic heterocycles. The largest absolute Gasteiger partial charge is 0.491 e. The van der Waals surface area contributed by atoms with Gasteiger partial charge in [0.15, 0.2) is 0 Å². The molecular weight excluding hydrogens is 458 g/mol. The molecule has 31 heavy (non-hydrogen) atoms. The van der Waals surface area contributed by atoms with Crippen molar-refractivity contribution in [3.8, 4) is 11.8 Å². The zero-order valence-electron chi connectivity index (χ0n) is 15.2. The molecule has 0 aliphatic rings. The van der Waals surface area contributed by atoms with E-state index in [0.29, 0.717) is 5.56 Å². The molecule has 12 heteroatoms. The van der Waals surface area contributed by atoms with Crippen LogP contribution in [-0.2, 0) is 0 Å². The quantitative estimate of drug-likeness (QED) is 0.353. The van der Waals surface area contributed by atoms with Crippen molar-refractivity contribution in [2.24, 2.45) is 0 Å². The van der Waals surface area contributed by atoms with E-state index in [-0.39, 0.29) is 26.9 Å². The molecule has 0 fully saturated rings. The van der Waals surface area contributed by atoms with E-state index in [1.807, 2.05) is 6.07 Å². The van der Waals surface area contributed by atoms with Gasteiger partial charge in [0.2, 0.25) is 6.33 Å². The van der Waals surface area contributed by atoms with Crippen LogP contribution >= 0.6 is 23.2 Å². The highest BCUT2D eigenvalue weighted by atomic mass is 35.5. The van der Waals surface area contributed by atoms with Crippen LogP contribution in [0.4, 0.5) is 19.1 Å². The summed E-state index contributed by atoms with van der Waals surface area (Å²) in [4.78, 5) is 13.4. The van der Waals surface area contributed by atoms with E-state index in [2.05, 4.69) is 10.1 Å². The minimum absolute atomic E-state index is 0.0382. The molecule has 0 saturated heterocycles. The molecule has 158 valence electrons. The molecule has 1 unspecified atom stereocenters. The Hall–Kier alpha value is -3.42. The van der Waals surface area contributed by atoms with Gasteiger partial charge in [0, 0.05) is 15.1 Å². The van der Waals surface area contributed by atoms with Crippen LogP contribution in [-0.4, -0.2) is 25.9 Å². The monoisotopic (exact) mass is 467 g/mol. The molecule has 2 aromatic carbocycles. The number of halogens is 5. The average molecular weight is 468 g/mol. The molecule has 0 aliphatic carbocycles. The Kier molecular flexibility index (Phi) is 6.29. The topological polar surface area (TPSA) is 97.6 Å². The summed E-state index contributed by atoms with van der Waals surface area (Å²) in [6.45, 7) is 0. The molecule has 0 saturated carbocycles. The molecule has 3 rings (SSSR count). The van der Waals surface area contributed by atoms with E-state index in [9.17, 15) is 28.5 Å². The SMILES string of the molecule is N#Cc1cc(/C=C/C(c2cc(Cl)cc(Cl)c2)C(F)(F)F)ccc1-n1cnc([N+](=O)[O-])n1. The lowest BCUT2D eigenvalue weighted by Crippen LogP contribution is -2.18. The van der Waals surface area contributed by atoms with Crippen molar-refractivity contribution >= 4 is 35.2 Å². The van der Waals surface area contributed by atoms with Crippen molar-refractivity contribution in [1.29, 1.82) is 5.26 Å². The third-order valence-electron chi connectivity index (χ3n) is 4.11. The van der Waals surface area contributed by atoms with Gasteiger partial charge in [-0.3, -0.25) is 0 Å². The summed E-state index contributed by atoms with van der Waals surface area (Å²) in [7, 11) is 0. The fourth-order valence-electron chi connectivity index (χ4n) is 2.77. The molecule has 0 bridgehead atoms. The number of hydrogen-bond donors (Lipinski definition) is 0. The Labute approximate surface area is 183 Å². The summed E-state index contributed by atoms with van der Waals surface area (Å²) in [6.07, 6.45) is -1.41. The number of nitrogens with zero attached hydrogens (tertiary/aromatic N) is 5. The highest BCUT2D eigenvalue weighted by molar-refractivity contribution is 6.34. The second-order valence-electron chi connectivity index (χ2n) is 6.22. The van der Waals surface area contributed by atoms with Crippen molar-refractivity contribution in [1.82, 2.24) is 14.8 Å². The van der Waals surface area contributed by atoms with Gasteiger partial charge in [-0.05, 0) is 46.4 Å². The zero-order chi connectivity index (χ0) is 22.8. The summed E-state index contributed by atoms with van der Waals surface area (Å²) in [6, 6.07) is 9.75. The van der Waals surface area contributed by atoms with Crippen LogP contribution in [0.15, 0.2) is 48.8 Å². The van der Waals surface area contributed by atoms with E-state index in [1.54, 1.807) is 0 Å². The summed E-state index contributed by atoms with van der Waals surface area (Å²) >= 11 is 11.7. The van der Waals surface area contributed by atoms with Gasteiger partial charge in [-0.2, -0.15) is 18.4 Å². The van der Waals surface area contributed by atoms with Crippen molar-refractivity contribution in [3.63, 3.8) is 0 Å².